The predicted octanol–water partition coefficient (Wildman–Crippen LogP) is 4.48. The number of fused-ring (bicyclic) bond motifs is 1. The highest BCUT2D eigenvalue weighted by Gasteiger charge is 2.16. The van der Waals surface area contributed by atoms with E-state index in [1.165, 1.54) is 11.1 Å². The van der Waals surface area contributed by atoms with E-state index in [0.717, 1.165) is 43.3 Å². The van der Waals surface area contributed by atoms with E-state index in [1.54, 1.807) is 12.3 Å². The first-order chi connectivity index (χ1) is 16.0. The van der Waals surface area contributed by atoms with Crippen LogP contribution < -0.4 is 5.32 Å². The summed E-state index contributed by atoms with van der Waals surface area (Å²) < 4.78 is 0. The molecule has 176 valence electrons. The maximum atomic E-state index is 12.8. The van der Waals surface area contributed by atoms with Crippen molar-refractivity contribution in [1.82, 2.24) is 15.2 Å². The third kappa shape index (κ3) is 7.65. The molecule has 5 heteroatoms. The number of aliphatic hydroxyl groups is 1. The topological polar surface area (TPSA) is 65.5 Å². The van der Waals surface area contributed by atoms with Gasteiger partial charge in [0.05, 0.1) is 17.2 Å². The first-order valence-electron chi connectivity index (χ1n) is 12.1. The molecule has 0 bridgehead atoms. The lowest BCUT2D eigenvalue weighted by molar-refractivity contribution is 0.0855. The molecule has 0 saturated heterocycles. The lowest BCUT2D eigenvalue weighted by atomic mass is 10.1. The van der Waals surface area contributed by atoms with Gasteiger partial charge in [-0.15, -0.1) is 0 Å². The zero-order chi connectivity index (χ0) is 23.6. The van der Waals surface area contributed by atoms with Crippen LogP contribution in [0.5, 0.6) is 0 Å². The molecule has 1 heterocycles. The number of amides is 1. The first kappa shape index (κ1) is 24.9. The highest BCUT2D eigenvalue weighted by molar-refractivity contribution is 6.05. The summed E-state index contributed by atoms with van der Waals surface area (Å²) in [4.78, 5) is 19.4. The van der Waals surface area contributed by atoms with Crippen LogP contribution in [0, 0.1) is 5.92 Å². The van der Waals surface area contributed by atoms with Crippen molar-refractivity contribution in [2.24, 2.45) is 5.92 Å². The summed E-state index contributed by atoms with van der Waals surface area (Å²) in [7, 11) is 0. The van der Waals surface area contributed by atoms with E-state index in [9.17, 15) is 9.90 Å². The lowest BCUT2D eigenvalue weighted by Gasteiger charge is -2.26. The molecule has 0 aliphatic heterocycles. The lowest BCUT2D eigenvalue weighted by Crippen LogP contribution is -2.41. The van der Waals surface area contributed by atoms with Gasteiger partial charge in [-0.05, 0) is 55.0 Å². The van der Waals surface area contributed by atoms with Crippen molar-refractivity contribution in [1.29, 1.82) is 0 Å². The number of carbonyl (C=O) groups excluding carboxylic acids is 1. The van der Waals surface area contributed by atoms with Crippen molar-refractivity contribution in [3.63, 3.8) is 0 Å². The quantitative estimate of drug-likeness (QED) is 0.430. The van der Waals surface area contributed by atoms with E-state index in [4.69, 9.17) is 0 Å². The van der Waals surface area contributed by atoms with Gasteiger partial charge in [0.2, 0.25) is 0 Å². The van der Waals surface area contributed by atoms with Crippen LogP contribution in [0.1, 0.15) is 48.7 Å². The molecule has 0 spiro atoms. The van der Waals surface area contributed by atoms with Gasteiger partial charge in [-0.1, -0.05) is 63.2 Å². The normalized spacial score (nSPS) is 12.4. The number of aliphatic hydroxyl groups excluding tert-OH is 1. The fourth-order valence-electron chi connectivity index (χ4n) is 3.93. The number of nitrogens with one attached hydrogen (secondary N) is 1. The number of nitrogens with zero attached hydrogens (tertiary/aromatic N) is 2. The first-order valence-corrected chi connectivity index (χ1v) is 12.1. The minimum atomic E-state index is -0.628. The van der Waals surface area contributed by atoms with Gasteiger partial charge in [0.25, 0.3) is 5.91 Å². The molecule has 2 N–H and O–H groups in total. The van der Waals surface area contributed by atoms with Gasteiger partial charge >= 0.3 is 0 Å². The van der Waals surface area contributed by atoms with E-state index in [-0.39, 0.29) is 12.5 Å². The van der Waals surface area contributed by atoms with Crippen LogP contribution in [0.3, 0.4) is 0 Å². The second-order valence-corrected chi connectivity index (χ2v) is 9.14. The van der Waals surface area contributed by atoms with Crippen LogP contribution in [0.2, 0.25) is 0 Å². The number of rotatable bonds is 12. The molecular formula is C28H37N3O2. The zero-order valence-electron chi connectivity index (χ0n) is 20.1. The monoisotopic (exact) mass is 447 g/mol. The van der Waals surface area contributed by atoms with E-state index in [1.807, 2.05) is 24.3 Å². The van der Waals surface area contributed by atoms with Gasteiger partial charge in [-0.3, -0.25) is 9.78 Å². The molecule has 0 aliphatic carbocycles. The number of hydrogen-bond acceptors (Lipinski definition) is 4. The van der Waals surface area contributed by atoms with Crippen molar-refractivity contribution in [2.45, 2.75) is 46.1 Å². The van der Waals surface area contributed by atoms with Crippen molar-refractivity contribution in [2.75, 3.05) is 26.2 Å². The predicted molar refractivity (Wildman–Crippen MR) is 136 cm³/mol. The molecule has 0 saturated carbocycles. The molecule has 1 amide bonds. The summed E-state index contributed by atoms with van der Waals surface area (Å²) in [5.41, 5.74) is 4.04. The average molecular weight is 448 g/mol. The molecule has 33 heavy (non-hydrogen) atoms. The van der Waals surface area contributed by atoms with E-state index in [2.05, 4.69) is 60.2 Å². The van der Waals surface area contributed by atoms with Crippen molar-refractivity contribution in [3.8, 4) is 0 Å². The Morgan fingerprint density at radius 3 is 2.48 bits per heavy atom. The van der Waals surface area contributed by atoms with Gasteiger partial charge in [0.15, 0.2) is 0 Å². The molecule has 0 fully saturated rings. The van der Waals surface area contributed by atoms with Gasteiger partial charge in [0.1, 0.15) is 0 Å². The summed E-state index contributed by atoms with van der Waals surface area (Å²) >= 11 is 0. The Morgan fingerprint density at radius 1 is 1.03 bits per heavy atom. The fraction of sp³-hybridized carbons (Fsp3) is 0.429. The molecule has 3 rings (SSSR count). The second-order valence-electron chi connectivity index (χ2n) is 9.14. The Balaban J connectivity index is 1.55. The SMILES string of the molecule is CCc1ccc(CCN(CCC(C)C)CC(O)CNC(=O)c2ccnc3ccccc23)cc1. The van der Waals surface area contributed by atoms with Crippen molar-refractivity contribution in [3.05, 3.63) is 77.5 Å². The third-order valence-corrected chi connectivity index (χ3v) is 6.03. The summed E-state index contributed by atoms with van der Waals surface area (Å²) in [6.07, 6.45) is 4.10. The maximum Gasteiger partial charge on any atom is 0.252 e. The number of pyridine rings is 1. The summed E-state index contributed by atoms with van der Waals surface area (Å²) in [5.74, 6) is 0.422. The molecular weight excluding hydrogens is 410 g/mol. The Morgan fingerprint density at radius 2 is 1.76 bits per heavy atom. The standard InChI is InChI=1S/C28H37N3O2/c1-4-22-9-11-23(12-10-22)15-18-31(17-14-21(2)3)20-24(32)19-30-28(33)26-13-16-29-27-8-6-5-7-25(26)27/h5-13,16,21,24,32H,4,14-15,17-20H2,1-3H3,(H,30,33). The van der Waals surface area contributed by atoms with E-state index < -0.39 is 6.10 Å². The Kier molecular flexibility index (Phi) is 9.40. The van der Waals surface area contributed by atoms with Crippen LogP contribution in [0.25, 0.3) is 10.9 Å². The van der Waals surface area contributed by atoms with Crippen LogP contribution >= 0.6 is 0 Å². The van der Waals surface area contributed by atoms with Crippen LogP contribution in [0.15, 0.2) is 60.8 Å². The molecule has 2 aromatic carbocycles. The molecule has 1 unspecified atom stereocenters. The number of carbonyl (C=O) groups is 1. The maximum absolute atomic E-state index is 12.8. The molecule has 0 radical (unpaired) electrons. The number of aryl methyl sites for hydroxylation is 1. The van der Waals surface area contributed by atoms with Gasteiger partial charge in [0, 0.05) is 31.2 Å². The Labute approximate surface area is 197 Å². The molecule has 0 aliphatic rings. The van der Waals surface area contributed by atoms with Gasteiger partial charge < -0.3 is 15.3 Å². The summed E-state index contributed by atoms with van der Waals surface area (Å²) in [6, 6.07) is 18.1. The molecule has 3 aromatic rings. The number of hydrogen-bond donors (Lipinski definition) is 2. The largest absolute Gasteiger partial charge is 0.390 e. The zero-order valence-corrected chi connectivity index (χ0v) is 20.1. The number of para-hydroxylation sites is 1. The van der Waals surface area contributed by atoms with E-state index in [0.29, 0.717) is 18.0 Å². The van der Waals surface area contributed by atoms with Crippen molar-refractivity contribution < 1.29 is 9.90 Å². The number of aromatic nitrogens is 1. The number of benzene rings is 2. The van der Waals surface area contributed by atoms with E-state index >= 15 is 0 Å². The average Bonchev–Trinajstić information content (AvgIpc) is 2.84. The molecule has 1 atom stereocenters. The smallest absolute Gasteiger partial charge is 0.252 e. The van der Waals surface area contributed by atoms with Crippen LogP contribution in [0.4, 0.5) is 0 Å². The van der Waals surface area contributed by atoms with Gasteiger partial charge in [-0.2, -0.15) is 0 Å². The Hall–Kier alpha value is -2.76. The molecule has 5 nitrogen and oxygen atoms in total. The highest BCUT2D eigenvalue weighted by atomic mass is 16.3. The molecule has 1 aromatic heterocycles. The van der Waals surface area contributed by atoms with Gasteiger partial charge in [-0.25, -0.2) is 0 Å². The summed E-state index contributed by atoms with van der Waals surface area (Å²) in [6.45, 7) is 9.19. The van der Waals surface area contributed by atoms with Crippen molar-refractivity contribution >= 4 is 16.8 Å². The third-order valence-electron chi connectivity index (χ3n) is 6.03. The van der Waals surface area contributed by atoms with Crippen LogP contribution in [-0.2, 0) is 12.8 Å². The fourth-order valence-corrected chi connectivity index (χ4v) is 3.93. The minimum absolute atomic E-state index is 0.183. The second kappa shape index (κ2) is 12.5. The van der Waals surface area contributed by atoms with Crippen LogP contribution in [-0.4, -0.2) is 53.2 Å². The summed E-state index contributed by atoms with van der Waals surface area (Å²) in [5, 5.41) is 14.4. The Bertz CT molecular complexity index is 1010. The highest BCUT2D eigenvalue weighted by Crippen LogP contribution is 2.16. The minimum Gasteiger partial charge on any atom is -0.390 e.